The molecule has 108 valence electrons. The average molecular weight is 365 g/mol. The maximum Gasteiger partial charge on any atom is 0.251 e. The van der Waals surface area contributed by atoms with Crippen LogP contribution in [0, 0.1) is 6.92 Å². The number of hydrogen-bond acceptors (Lipinski definition) is 1. The van der Waals surface area contributed by atoms with Gasteiger partial charge in [-0.05, 0) is 47.7 Å². The number of halogens is 2. The molecule has 1 aliphatic heterocycles. The quantitative estimate of drug-likeness (QED) is 0.785. The van der Waals surface area contributed by atoms with E-state index in [1.807, 2.05) is 37.3 Å². The van der Waals surface area contributed by atoms with Crippen LogP contribution in [0.25, 0.3) is 0 Å². The van der Waals surface area contributed by atoms with Gasteiger partial charge in [0.05, 0.1) is 4.83 Å². The van der Waals surface area contributed by atoms with Crippen molar-refractivity contribution in [3.05, 3.63) is 69.2 Å². The van der Waals surface area contributed by atoms with E-state index in [9.17, 15) is 4.79 Å². The molecule has 1 amide bonds. The van der Waals surface area contributed by atoms with Crippen molar-refractivity contribution in [2.24, 2.45) is 0 Å². The van der Waals surface area contributed by atoms with Gasteiger partial charge in [0, 0.05) is 17.1 Å². The predicted molar refractivity (Wildman–Crippen MR) is 89.4 cm³/mol. The number of fused-ring (bicyclic) bond motifs is 1. The Morgan fingerprint density at radius 3 is 2.81 bits per heavy atom. The fraction of sp³-hybridized carbons (Fsp3) is 0.235. The van der Waals surface area contributed by atoms with E-state index in [2.05, 4.69) is 27.3 Å². The van der Waals surface area contributed by atoms with Crippen LogP contribution >= 0.6 is 27.5 Å². The predicted octanol–water partition coefficient (Wildman–Crippen LogP) is 4.42. The summed E-state index contributed by atoms with van der Waals surface area (Å²) in [5.74, 6) is 0.00723. The van der Waals surface area contributed by atoms with Gasteiger partial charge in [0.1, 0.15) is 0 Å². The normalized spacial score (nSPS) is 15.3. The largest absolute Gasteiger partial charge is 0.352 e. The van der Waals surface area contributed by atoms with E-state index >= 15 is 0 Å². The number of nitrogens with one attached hydrogen (secondary N) is 1. The fourth-order valence-corrected chi connectivity index (χ4v) is 3.76. The molecule has 2 nitrogen and oxygen atoms in total. The molecule has 0 saturated carbocycles. The number of carbonyl (C=O) groups is 1. The van der Waals surface area contributed by atoms with E-state index in [1.165, 1.54) is 0 Å². The van der Waals surface area contributed by atoms with Crippen LogP contribution in [0.1, 0.15) is 37.4 Å². The molecule has 0 aliphatic carbocycles. The van der Waals surface area contributed by atoms with Crippen molar-refractivity contribution >= 4 is 33.4 Å². The first-order valence-corrected chi connectivity index (χ1v) is 8.17. The Hall–Kier alpha value is -1.32. The molecular weight excluding hydrogens is 350 g/mol. The molecule has 1 aliphatic rings. The molecule has 3 rings (SSSR count). The van der Waals surface area contributed by atoms with Crippen LogP contribution < -0.4 is 5.32 Å². The summed E-state index contributed by atoms with van der Waals surface area (Å²) in [7, 11) is 0. The molecule has 1 unspecified atom stereocenters. The number of benzene rings is 2. The zero-order chi connectivity index (χ0) is 15.0. The Kier molecular flexibility index (Phi) is 4.05. The van der Waals surface area contributed by atoms with Gasteiger partial charge >= 0.3 is 0 Å². The van der Waals surface area contributed by atoms with Crippen molar-refractivity contribution in [1.82, 2.24) is 5.32 Å². The lowest BCUT2D eigenvalue weighted by Gasteiger charge is -2.19. The molecule has 2 aromatic carbocycles. The minimum atomic E-state index is -0.0226. The highest BCUT2D eigenvalue weighted by molar-refractivity contribution is 9.09. The van der Waals surface area contributed by atoms with Crippen LogP contribution in [0.3, 0.4) is 0 Å². The number of alkyl halides is 1. The van der Waals surface area contributed by atoms with Crippen LogP contribution in [0.2, 0.25) is 5.02 Å². The summed E-state index contributed by atoms with van der Waals surface area (Å²) in [6.45, 7) is 2.73. The highest BCUT2D eigenvalue weighted by atomic mass is 79.9. The van der Waals surface area contributed by atoms with E-state index in [4.69, 9.17) is 11.6 Å². The van der Waals surface area contributed by atoms with Gasteiger partial charge < -0.3 is 5.32 Å². The average Bonchev–Trinajstić information content (AvgIpc) is 2.47. The van der Waals surface area contributed by atoms with Crippen molar-refractivity contribution in [3.63, 3.8) is 0 Å². The number of aryl methyl sites for hydroxylation is 1. The van der Waals surface area contributed by atoms with Crippen molar-refractivity contribution in [2.75, 3.05) is 6.54 Å². The van der Waals surface area contributed by atoms with Crippen molar-refractivity contribution in [1.29, 1.82) is 0 Å². The Bertz CT molecular complexity index is 714. The first kappa shape index (κ1) is 14.6. The van der Waals surface area contributed by atoms with E-state index in [-0.39, 0.29) is 10.7 Å². The molecular formula is C17H15BrClNO. The lowest BCUT2D eigenvalue weighted by molar-refractivity contribution is 0.0946. The molecule has 0 fully saturated rings. The zero-order valence-electron chi connectivity index (χ0n) is 11.6. The van der Waals surface area contributed by atoms with Crippen LogP contribution in [0.5, 0.6) is 0 Å². The highest BCUT2D eigenvalue weighted by Gasteiger charge is 2.20. The van der Waals surface area contributed by atoms with E-state index in [1.54, 1.807) is 0 Å². The van der Waals surface area contributed by atoms with Crippen LogP contribution in [0.4, 0.5) is 0 Å². The summed E-state index contributed by atoms with van der Waals surface area (Å²) in [6, 6.07) is 12.1. The van der Waals surface area contributed by atoms with Gasteiger partial charge in [-0.1, -0.05) is 51.8 Å². The van der Waals surface area contributed by atoms with Crippen LogP contribution in [-0.2, 0) is 6.42 Å². The molecule has 21 heavy (non-hydrogen) atoms. The zero-order valence-corrected chi connectivity index (χ0v) is 14.0. The molecule has 0 saturated heterocycles. The fourth-order valence-electron chi connectivity index (χ4n) is 2.60. The Morgan fingerprint density at radius 1 is 1.24 bits per heavy atom. The van der Waals surface area contributed by atoms with Crippen molar-refractivity contribution in [2.45, 2.75) is 18.2 Å². The second-order valence-corrected chi connectivity index (χ2v) is 6.63. The minimum absolute atomic E-state index is 0.00723. The second-order valence-electron chi connectivity index (χ2n) is 5.31. The van der Waals surface area contributed by atoms with Gasteiger partial charge in [-0.15, -0.1) is 0 Å². The Morgan fingerprint density at radius 2 is 2.05 bits per heavy atom. The summed E-state index contributed by atoms with van der Waals surface area (Å²) >= 11 is 10.0. The van der Waals surface area contributed by atoms with Gasteiger partial charge in [0.25, 0.3) is 5.91 Å². The highest BCUT2D eigenvalue weighted by Crippen LogP contribution is 2.36. The molecule has 4 heteroatoms. The summed E-state index contributed by atoms with van der Waals surface area (Å²) in [5, 5.41) is 3.62. The first-order valence-electron chi connectivity index (χ1n) is 6.87. The van der Waals surface area contributed by atoms with Crippen molar-refractivity contribution in [3.8, 4) is 0 Å². The molecule has 2 aromatic rings. The molecule has 0 aromatic heterocycles. The minimum Gasteiger partial charge on any atom is -0.352 e. The monoisotopic (exact) mass is 363 g/mol. The number of carbonyl (C=O) groups excluding carboxylic acids is 1. The third kappa shape index (κ3) is 2.85. The SMILES string of the molecule is Cc1ccc(C(Br)c2ccc3c(c2)C(=O)NCC3)c(Cl)c1. The number of hydrogen-bond donors (Lipinski definition) is 1. The van der Waals surface area contributed by atoms with Crippen LogP contribution in [-0.4, -0.2) is 12.5 Å². The molecule has 0 radical (unpaired) electrons. The summed E-state index contributed by atoms with van der Waals surface area (Å²) < 4.78 is 0. The van der Waals surface area contributed by atoms with Gasteiger partial charge in [0.15, 0.2) is 0 Å². The lowest BCUT2D eigenvalue weighted by atomic mass is 9.95. The van der Waals surface area contributed by atoms with E-state index in [0.29, 0.717) is 6.54 Å². The second kappa shape index (κ2) is 5.82. The third-order valence-corrected chi connectivity index (χ3v) is 5.13. The molecule has 1 N–H and O–H groups in total. The Labute approximate surface area is 137 Å². The Balaban J connectivity index is 2.00. The number of amides is 1. The lowest BCUT2D eigenvalue weighted by Crippen LogP contribution is -2.31. The van der Waals surface area contributed by atoms with E-state index in [0.717, 1.165) is 39.3 Å². The van der Waals surface area contributed by atoms with Gasteiger partial charge in [-0.25, -0.2) is 0 Å². The maximum absolute atomic E-state index is 12.0. The molecule has 1 atom stereocenters. The van der Waals surface area contributed by atoms with Crippen LogP contribution in [0.15, 0.2) is 36.4 Å². The number of rotatable bonds is 2. The summed E-state index contributed by atoms with van der Waals surface area (Å²) in [5.41, 5.74) is 5.06. The third-order valence-electron chi connectivity index (χ3n) is 3.78. The smallest absolute Gasteiger partial charge is 0.251 e. The van der Waals surface area contributed by atoms with E-state index < -0.39 is 0 Å². The topological polar surface area (TPSA) is 29.1 Å². The van der Waals surface area contributed by atoms with Gasteiger partial charge in [0.2, 0.25) is 0 Å². The maximum atomic E-state index is 12.0. The molecule has 0 bridgehead atoms. The first-order chi connectivity index (χ1) is 10.1. The summed E-state index contributed by atoms with van der Waals surface area (Å²) in [4.78, 5) is 11.9. The standard InChI is InChI=1S/C17H15BrClNO/c1-10-2-5-13(15(19)8-10)16(18)12-4-3-11-6-7-20-17(21)14(11)9-12/h2-5,8-9,16H,6-7H2,1H3,(H,20,21). The van der Waals surface area contributed by atoms with Gasteiger partial charge in [-0.2, -0.15) is 0 Å². The van der Waals surface area contributed by atoms with Gasteiger partial charge in [-0.3, -0.25) is 4.79 Å². The molecule has 1 heterocycles. The molecule has 0 spiro atoms. The summed E-state index contributed by atoms with van der Waals surface area (Å²) in [6.07, 6.45) is 0.888. The van der Waals surface area contributed by atoms with Crippen molar-refractivity contribution < 1.29 is 4.79 Å².